The minimum absolute atomic E-state index is 0. The largest absolute Gasteiger partial charge is 0.497 e. The summed E-state index contributed by atoms with van der Waals surface area (Å²) in [6.07, 6.45) is 4.98. The number of amides is 1. The van der Waals surface area contributed by atoms with Gasteiger partial charge < -0.3 is 20.3 Å². The third-order valence-electron chi connectivity index (χ3n) is 5.22. The Morgan fingerprint density at radius 3 is 2.69 bits per heavy atom. The fraction of sp³-hybridized carbons (Fsp3) is 0.632. The Kier molecular flexibility index (Phi) is 10.1. The van der Waals surface area contributed by atoms with E-state index in [1.54, 1.807) is 7.11 Å². The second-order valence-electron chi connectivity index (χ2n) is 6.93. The Balaban J connectivity index is 0.00000169. The summed E-state index contributed by atoms with van der Waals surface area (Å²) in [5.74, 6) is 1.90. The van der Waals surface area contributed by atoms with Gasteiger partial charge in [-0.15, -0.1) is 24.8 Å². The first-order valence-corrected chi connectivity index (χ1v) is 9.13. The number of rotatable bonds is 6. The van der Waals surface area contributed by atoms with E-state index >= 15 is 0 Å². The highest BCUT2D eigenvalue weighted by atomic mass is 35.5. The van der Waals surface area contributed by atoms with Gasteiger partial charge in [-0.25, -0.2) is 0 Å². The molecule has 26 heavy (non-hydrogen) atoms. The van der Waals surface area contributed by atoms with Crippen LogP contribution in [0.5, 0.6) is 5.75 Å². The van der Waals surface area contributed by atoms with E-state index in [-0.39, 0.29) is 24.8 Å². The molecule has 2 aliphatic rings. The molecule has 5 nitrogen and oxygen atoms in total. The highest BCUT2D eigenvalue weighted by molar-refractivity contribution is 5.85. The van der Waals surface area contributed by atoms with Crippen molar-refractivity contribution in [2.24, 2.45) is 5.92 Å². The minimum atomic E-state index is 0. The number of likely N-dealkylation sites (tertiary alicyclic amines) is 1. The zero-order valence-corrected chi connectivity index (χ0v) is 17.0. The predicted octanol–water partition coefficient (Wildman–Crippen LogP) is 3.33. The van der Waals surface area contributed by atoms with E-state index in [4.69, 9.17) is 4.74 Å². The molecule has 2 N–H and O–H groups in total. The van der Waals surface area contributed by atoms with E-state index in [0.29, 0.717) is 24.3 Å². The van der Waals surface area contributed by atoms with Gasteiger partial charge in [-0.1, -0.05) is 6.07 Å². The van der Waals surface area contributed by atoms with Gasteiger partial charge in [0.1, 0.15) is 5.75 Å². The number of nitrogens with zero attached hydrogens (tertiary/aromatic N) is 1. The molecule has 1 aromatic rings. The van der Waals surface area contributed by atoms with Crippen LogP contribution in [0.2, 0.25) is 0 Å². The summed E-state index contributed by atoms with van der Waals surface area (Å²) >= 11 is 0. The lowest BCUT2D eigenvalue weighted by Crippen LogP contribution is -2.42. The lowest BCUT2D eigenvalue weighted by atomic mass is 10.0. The molecule has 2 aliphatic heterocycles. The summed E-state index contributed by atoms with van der Waals surface area (Å²) in [6, 6.07) is 8.47. The molecule has 7 heteroatoms. The molecule has 0 bridgehead atoms. The Morgan fingerprint density at radius 1 is 1.27 bits per heavy atom. The second-order valence-corrected chi connectivity index (χ2v) is 6.93. The lowest BCUT2D eigenvalue weighted by molar-refractivity contribution is -0.132. The maximum atomic E-state index is 12.4. The first kappa shape index (κ1) is 22.9. The van der Waals surface area contributed by atoms with Crippen LogP contribution >= 0.6 is 24.8 Å². The smallest absolute Gasteiger partial charge is 0.222 e. The van der Waals surface area contributed by atoms with Gasteiger partial charge in [0.05, 0.1) is 7.11 Å². The Labute approximate surface area is 169 Å². The number of piperidine rings is 1. The van der Waals surface area contributed by atoms with Gasteiger partial charge in [0.25, 0.3) is 0 Å². The number of benzene rings is 1. The maximum absolute atomic E-state index is 12.4. The maximum Gasteiger partial charge on any atom is 0.222 e. The number of ether oxygens (including phenoxy) is 1. The number of anilines is 1. The number of hydrogen-bond acceptors (Lipinski definition) is 4. The first-order valence-electron chi connectivity index (χ1n) is 9.13. The van der Waals surface area contributed by atoms with Crippen LogP contribution in [0.25, 0.3) is 0 Å². The third kappa shape index (κ3) is 6.53. The SMILES string of the molecule is COc1cccc(NC2CCN(C(=O)CCC3CCNC3)CC2)c1.Cl.Cl. The molecule has 1 unspecified atom stereocenters. The average Bonchev–Trinajstić information content (AvgIpc) is 3.14. The van der Waals surface area contributed by atoms with Crippen LogP contribution in [0.15, 0.2) is 24.3 Å². The van der Waals surface area contributed by atoms with Gasteiger partial charge in [0, 0.05) is 37.3 Å². The number of hydrogen-bond donors (Lipinski definition) is 2. The highest BCUT2D eigenvalue weighted by Gasteiger charge is 2.24. The van der Waals surface area contributed by atoms with Crippen LogP contribution in [0, 0.1) is 5.92 Å². The minimum Gasteiger partial charge on any atom is -0.497 e. The van der Waals surface area contributed by atoms with Crippen LogP contribution in [0.4, 0.5) is 5.69 Å². The summed E-state index contributed by atoms with van der Waals surface area (Å²) in [7, 11) is 1.69. The molecule has 1 amide bonds. The monoisotopic (exact) mass is 403 g/mol. The Morgan fingerprint density at radius 2 is 2.04 bits per heavy atom. The van der Waals surface area contributed by atoms with Crippen LogP contribution in [0.1, 0.15) is 32.1 Å². The molecular formula is C19H31Cl2N3O2. The van der Waals surface area contributed by atoms with E-state index < -0.39 is 0 Å². The molecular weight excluding hydrogens is 373 g/mol. The van der Waals surface area contributed by atoms with E-state index in [0.717, 1.165) is 56.9 Å². The van der Waals surface area contributed by atoms with E-state index in [1.165, 1.54) is 6.42 Å². The van der Waals surface area contributed by atoms with E-state index in [1.807, 2.05) is 23.1 Å². The fourth-order valence-electron chi connectivity index (χ4n) is 3.67. The van der Waals surface area contributed by atoms with Gasteiger partial charge in [-0.2, -0.15) is 0 Å². The zero-order valence-electron chi connectivity index (χ0n) is 15.4. The highest BCUT2D eigenvalue weighted by Crippen LogP contribution is 2.22. The van der Waals surface area contributed by atoms with Gasteiger partial charge >= 0.3 is 0 Å². The summed E-state index contributed by atoms with van der Waals surface area (Å²) in [4.78, 5) is 14.4. The van der Waals surface area contributed by atoms with Crippen molar-refractivity contribution in [1.82, 2.24) is 10.2 Å². The van der Waals surface area contributed by atoms with Crippen LogP contribution in [-0.2, 0) is 4.79 Å². The molecule has 2 saturated heterocycles. The average molecular weight is 404 g/mol. The molecule has 0 aliphatic carbocycles. The summed E-state index contributed by atoms with van der Waals surface area (Å²) in [6.45, 7) is 3.92. The molecule has 2 heterocycles. The molecule has 0 aromatic heterocycles. The Bertz CT molecular complexity index is 545. The van der Waals surface area contributed by atoms with Crippen molar-refractivity contribution in [3.05, 3.63) is 24.3 Å². The van der Waals surface area contributed by atoms with Gasteiger partial charge in [0.15, 0.2) is 0 Å². The van der Waals surface area contributed by atoms with Gasteiger partial charge in [0.2, 0.25) is 5.91 Å². The predicted molar refractivity (Wildman–Crippen MR) is 111 cm³/mol. The number of halogens is 2. The normalized spacial score (nSPS) is 20.0. The number of carbonyl (C=O) groups excluding carboxylic acids is 1. The van der Waals surface area contributed by atoms with Crippen molar-refractivity contribution >= 4 is 36.4 Å². The molecule has 1 aromatic carbocycles. The lowest BCUT2D eigenvalue weighted by Gasteiger charge is -2.33. The molecule has 148 valence electrons. The van der Waals surface area contributed by atoms with Crippen LogP contribution in [0.3, 0.4) is 0 Å². The van der Waals surface area contributed by atoms with Gasteiger partial charge in [-0.05, 0) is 56.8 Å². The van der Waals surface area contributed by atoms with Crippen LogP contribution in [-0.4, -0.2) is 50.1 Å². The summed E-state index contributed by atoms with van der Waals surface area (Å²) < 4.78 is 5.26. The molecule has 0 saturated carbocycles. The van der Waals surface area contributed by atoms with E-state index in [2.05, 4.69) is 16.7 Å². The number of methoxy groups -OCH3 is 1. The number of carbonyl (C=O) groups is 1. The molecule has 0 spiro atoms. The molecule has 2 fully saturated rings. The zero-order chi connectivity index (χ0) is 16.8. The molecule has 3 rings (SSSR count). The van der Waals surface area contributed by atoms with Gasteiger partial charge in [-0.3, -0.25) is 4.79 Å². The summed E-state index contributed by atoms with van der Waals surface area (Å²) in [5, 5.41) is 6.94. The van der Waals surface area contributed by atoms with Crippen molar-refractivity contribution in [3.63, 3.8) is 0 Å². The number of nitrogens with one attached hydrogen (secondary N) is 2. The van der Waals surface area contributed by atoms with Crippen molar-refractivity contribution in [1.29, 1.82) is 0 Å². The van der Waals surface area contributed by atoms with Crippen LogP contribution < -0.4 is 15.4 Å². The molecule has 0 radical (unpaired) electrons. The topological polar surface area (TPSA) is 53.6 Å². The standard InChI is InChI=1S/C19H29N3O2.2ClH/c1-24-18-4-2-3-17(13-18)21-16-8-11-22(12-9-16)19(23)6-5-15-7-10-20-14-15;;/h2-4,13,15-16,20-21H,5-12,14H2,1H3;2*1H. The van der Waals surface area contributed by atoms with Crippen molar-refractivity contribution in [3.8, 4) is 5.75 Å². The van der Waals surface area contributed by atoms with Crippen molar-refractivity contribution in [2.75, 3.05) is 38.6 Å². The Hall–Kier alpha value is -1.17. The first-order chi connectivity index (χ1) is 11.7. The quantitative estimate of drug-likeness (QED) is 0.764. The summed E-state index contributed by atoms with van der Waals surface area (Å²) in [5.41, 5.74) is 1.09. The second kappa shape index (κ2) is 11.5. The third-order valence-corrected chi connectivity index (χ3v) is 5.22. The fourth-order valence-corrected chi connectivity index (χ4v) is 3.67. The van der Waals surface area contributed by atoms with E-state index in [9.17, 15) is 4.79 Å². The van der Waals surface area contributed by atoms with Crippen molar-refractivity contribution in [2.45, 2.75) is 38.1 Å². The molecule has 1 atom stereocenters. The van der Waals surface area contributed by atoms with Crippen molar-refractivity contribution < 1.29 is 9.53 Å².